The number of rotatable bonds is 3. The van der Waals surface area contributed by atoms with Crippen LogP contribution in [0.15, 0.2) is 30.7 Å². The summed E-state index contributed by atoms with van der Waals surface area (Å²) >= 11 is 0. The molecule has 1 aliphatic heterocycles. The normalized spacial score (nSPS) is 20.4. The lowest BCUT2D eigenvalue weighted by Crippen LogP contribution is -2.20. The Morgan fingerprint density at radius 3 is 3.11 bits per heavy atom. The highest BCUT2D eigenvalue weighted by atomic mass is 15.2. The van der Waals surface area contributed by atoms with Gasteiger partial charge in [0.05, 0.1) is 0 Å². The summed E-state index contributed by atoms with van der Waals surface area (Å²) in [6.45, 7) is 5.27. The van der Waals surface area contributed by atoms with Crippen molar-refractivity contribution in [3.8, 4) is 0 Å². The van der Waals surface area contributed by atoms with E-state index < -0.39 is 0 Å². The summed E-state index contributed by atoms with van der Waals surface area (Å²) in [4.78, 5) is 14.4. The number of likely N-dealkylation sites (tertiary alicyclic amines) is 1. The first-order chi connectivity index (χ1) is 8.81. The summed E-state index contributed by atoms with van der Waals surface area (Å²) in [7, 11) is 0. The van der Waals surface area contributed by atoms with Crippen molar-refractivity contribution in [2.45, 2.75) is 25.8 Å². The molecule has 0 unspecified atom stereocenters. The second kappa shape index (κ2) is 4.90. The van der Waals surface area contributed by atoms with Gasteiger partial charge in [0.1, 0.15) is 5.82 Å². The highest BCUT2D eigenvalue weighted by Gasteiger charge is 2.25. The lowest BCUT2D eigenvalue weighted by molar-refractivity contribution is 0.325. The number of nitrogens with one attached hydrogen (secondary N) is 1. The Labute approximate surface area is 107 Å². The maximum Gasteiger partial charge on any atom is 0.110 e. The molecule has 0 spiro atoms. The van der Waals surface area contributed by atoms with Gasteiger partial charge in [-0.3, -0.25) is 9.88 Å². The van der Waals surface area contributed by atoms with Gasteiger partial charge in [-0.1, -0.05) is 6.07 Å². The Balaban J connectivity index is 1.62. The summed E-state index contributed by atoms with van der Waals surface area (Å²) in [6.07, 6.45) is 6.87. The fourth-order valence-electron chi connectivity index (χ4n) is 2.59. The maximum absolute atomic E-state index is 4.44. The number of imidazole rings is 1. The maximum atomic E-state index is 4.44. The molecular formula is C14H18N4. The molecule has 18 heavy (non-hydrogen) atoms. The number of pyridine rings is 1. The van der Waals surface area contributed by atoms with Crippen molar-refractivity contribution >= 4 is 0 Å². The third-order valence-corrected chi connectivity index (χ3v) is 3.51. The van der Waals surface area contributed by atoms with Crippen molar-refractivity contribution in [2.24, 2.45) is 0 Å². The van der Waals surface area contributed by atoms with Crippen LogP contribution in [-0.2, 0) is 6.54 Å². The molecule has 4 heteroatoms. The van der Waals surface area contributed by atoms with Gasteiger partial charge in [0, 0.05) is 43.3 Å². The van der Waals surface area contributed by atoms with E-state index in [2.05, 4.69) is 32.8 Å². The molecule has 0 aromatic carbocycles. The van der Waals surface area contributed by atoms with E-state index in [0.29, 0.717) is 5.92 Å². The van der Waals surface area contributed by atoms with Crippen molar-refractivity contribution in [1.29, 1.82) is 0 Å². The largest absolute Gasteiger partial charge is 0.346 e. The molecule has 2 aromatic rings. The van der Waals surface area contributed by atoms with Gasteiger partial charge < -0.3 is 4.98 Å². The Kier molecular flexibility index (Phi) is 3.11. The van der Waals surface area contributed by atoms with Crippen LogP contribution in [-0.4, -0.2) is 32.9 Å². The van der Waals surface area contributed by atoms with E-state index in [1.807, 2.05) is 24.7 Å². The number of aromatic nitrogens is 3. The Bertz CT molecular complexity index is 506. The molecule has 1 saturated heterocycles. The SMILES string of the molecule is Cc1cnc([C@H]2CCN(Cc3cccnc3)C2)[nH]1. The van der Waals surface area contributed by atoms with Gasteiger partial charge >= 0.3 is 0 Å². The number of aromatic amines is 1. The number of aryl methyl sites for hydroxylation is 1. The average Bonchev–Trinajstić information content (AvgIpc) is 2.99. The Morgan fingerprint density at radius 1 is 1.44 bits per heavy atom. The number of hydrogen-bond donors (Lipinski definition) is 1. The Hall–Kier alpha value is -1.68. The fraction of sp³-hybridized carbons (Fsp3) is 0.429. The van der Waals surface area contributed by atoms with E-state index in [0.717, 1.165) is 31.2 Å². The summed E-state index contributed by atoms with van der Waals surface area (Å²) in [5, 5.41) is 0. The summed E-state index contributed by atoms with van der Waals surface area (Å²) < 4.78 is 0. The summed E-state index contributed by atoms with van der Waals surface area (Å²) in [5.41, 5.74) is 2.43. The molecule has 0 aliphatic carbocycles. The molecule has 4 nitrogen and oxygen atoms in total. The second-order valence-corrected chi connectivity index (χ2v) is 5.03. The molecule has 3 rings (SSSR count). The van der Waals surface area contributed by atoms with Gasteiger partial charge in [-0.2, -0.15) is 0 Å². The van der Waals surface area contributed by atoms with Crippen LogP contribution in [0.1, 0.15) is 29.4 Å². The molecule has 0 bridgehead atoms. The van der Waals surface area contributed by atoms with Crippen LogP contribution in [0, 0.1) is 6.92 Å². The van der Waals surface area contributed by atoms with Gasteiger partial charge in [0.2, 0.25) is 0 Å². The van der Waals surface area contributed by atoms with Gasteiger partial charge in [0.25, 0.3) is 0 Å². The highest BCUT2D eigenvalue weighted by Crippen LogP contribution is 2.25. The minimum Gasteiger partial charge on any atom is -0.346 e. The topological polar surface area (TPSA) is 44.8 Å². The number of nitrogens with zero attached hydrogens (tertiary/aromatic N) is 3. The molecule has 1 aliphatic rings. The fourth-order valence-corrected chi connectivity index (χ4v) is 2.59. The lowest BCUT2D eigenvalue weighted by atomic mass is 10.1. The van der Waals surface area contributed by atoms with E-state index in [-0.39, 0.29) is 0 Å². The average molecular weight is 242 g/mol. The third kappa shape index (κ3) is 2.43. The molecule has 1 atom stereocenters. The number of hydrogen-bond acceptors (Lipinski definition) is 3. The minimum absolute atomic E-state index is 0.551. The molecule has 0 saturated carbocycles. The van der Waals surface area contributed by atoms with Crippen LogP contribution in [0.5, 0.6) is 0 Å². The second-order valence-electron chi connectivity index (χ2n) is 5.03. The Morgan fingerprint density at radius 2 is 2.39 bits per heavy atom. The molecular weight excluding hydrogens is 224 g/mol. The van der Waals surface area contributed by atoms with Crippen LogP contribution < -0.4 is 0 Å². The zero-order chi connectivity index (χ0) is 12.4. The van der Waals surface area contributed by atoms with E-state index >= 15 is 0 Å². The first-order valence-corrected chi connectivity index (χ1v) is 6.44. The van der Waals surface area contributed by atoms with Gasteiger partial charge in [-0.25, -0.2) is 4.98 Å². The third-order valence-electron chi connectivity index (χ3n) is 3.51. The van der Waals surface area contributed by atoms with Crippen molar-refractivity contribution < 1.29 is 0 Å². The smallest absolute Gasteiger partial charge is 0.110 e. The monoisotopic (exact) mass is 242 g/mol. The van der Waals surface area contributed by atoms with Gasteiger partial charge in [-0.05, 0) is 31.5 Å². The molecule has 2 aromatic heterocycles. The van der Waals surface area contributed by atoms with Gasteiger partial charge in [-0.15, -0.1) is 0 Å². The van der Waals surface area contributed by atoms with Crippen LogP contribution in [0.2, 0.25) is 0 Å². The molecule has 94 valence electrons. The molecule has 0 amide bonds. The zero-order valence-corrected chi connectivity index (χ0v) is 10.6. The van der Waals surface area contributed by atoms with Gasteiger partial charge in [0.15, 0.2) is 0 Å². The lowest BCUT2D eigenvalue weighted by Gasteiger charge is -2.15. The van der Waals surface area contributed by atoms with Crippen molar-refractivity contribution in [3.05, 3.63) is 47.8 Å². The predicted octanol–water partition coefficient (Wildman–Crippen LogP) is 2.10. The first-order valence-electron chi connectivity index (χ1n) is 6.44. The quantitative estimate of drug-likeness (QED) is 0.896. The minimum atomic E-state index is 0.551. The summed E-state index contributed by atoms with van der Waals surface area (Å²) in [5.74, 6) is 1.69. The first kappa shape index (κ1) is 11.4. The van der Waals surface area contributed by atoms with E-state index in [9.17, 15) is 0 Å². The van der Waals surface area contributed by atoms with Crippen molar-refractivity contribution in [1.82, 2.24) is 19.9 Å². The number of H-pyrrole nitrogens is 1. The zero-order valence-electron chi connectivity index (χ0n) is 10.6. The van der Waals surface area contributed by atoms with Crippen LogP contribution in [0.3, 0.4) is 0 Å². The highest BCUT2D eigenvalue weighted by molar-refractivity contribution is 5.10. The van der Waals surface area contributed by atoms with Crippen LogP contribution in [0.4, 0.5) is 0 Å². The van der Waals surface area contributed by atoms with E-state index in [4.69, 9.17) is 0 Å². The van der Waals surface area contributed by atoms with Crippen LogP contribution in [0.25, 0.3) is 0 Å². The standard InChI is InChI=1S/C14H18N4/c1-11-7-16-14(17-11)13-4-6-18(10-13)9-12-3-2-5-15-8-12/h2-3,5,7-8,13H,4,6,9-10H2,1H3,(H,16,17)/t13-/m0/s1. The molecule has 1 fully saturated rings. The van der Waals surface area contributed by atoms with Crippen LogP contribution >= 0.6 is 0 Å². The molecule has 1 N–H and O–H groups in total. The predicted molar refractivity (Wildman–Crippen MR) is 70.2 cm³/mol. The summed E-state index contributed by atoms with van der Waals surface area (Å²) in [6, 6.07) is 4.14. The van der Waals surface area contributed by atoms with Crippen molar-refractivity contribution in [3.63, 3.8) is 0 Å². The molecule has 0 radical (unpaired) electrons. The van der Waals surface area contributed by atoms with E-state index in [1.165, 1.54) is 12.0 Å². The van der Waals surface area contributed by atoms with E-state index in [1.54, 1.807) is 0 Å². The molecule has 3 heterocycles. The van der Waals surface area contributed by atoms with Crippen molar-refractivity contribution in [2.75, 3.05) is 13.1 Å².